The van der Waals surface area contributed by atoms with Crippen LogP contribution in [-0.2, 0) is 16.1 Å². The zero-order valence-corrected chi connectivity index (χ0v) is 19.7. The van der Waals surface area contributed by atoms with Crippen molar-refractivity contribution in [2.24, 2.45) is 11.8 Å². The lowest BCUT2D eigenvalue weighted by molar-refractivity contribution is -0.127. The van der Waals surface area contributed by atoms with E-state index in [1.807, 2.05) is 50.2 Å². The molecule has 4 atom stereocenters. The zero-order valence-electron chi connectivity index (χ0n) is 19.7. The highest BCUT2D eigenvalue weighted by molar-refractivity contribution is 5.84. The van der Waals surface area contributed by atoms with Gasteiger partial charge in [0.25, 0.3) is 5.56 Å². The fourth-order valence-corrected chi connectivity index (χ4v) is 5.24. The molecule has 4 rings (SSSR count). The quantitative estimate of drug-likeness (QED) is 0.531. The molecular weight excluding hydrogens is 436 g/mol. The van der Waals surface area contributed by atoms with E-state index in [2.05, 4.69) is 10.6 Å². The number of rotatable bonds is 7. The van der Waals surface area contributed by atoms with Gasteiger partial charge >= 0.3 is 6.03 Å². The van der Waals surface area contributed by atoms with Gasteiger partial charge in [-0.05, 0) is 31.5 Å². The van der Waals surface area contributed by atoms with E-state index in [4.69, 9.17) is 4.74 Å². The van der Waals surface area contributed by atoms with Gasteiger partial charge in [-0.2, -0.15) is 0 Å². The minimum absolute atomic E-state index is 0.0990. The molecule has 3 amide bonds. The number of ether oxygens (including phenoxy) is 1. The largest absolute Gasteiger partial charge is 0.396 e. The van der Waals surface area contributed by atoms with Crippen molar-refractivity contribution in [3.8, 4) is 11.1 Å². The van der Waals surface area contributed by atoms with Crippen molar-refractivity contribution in [1.29, 1.82) is 0 Å². The number of hydrogen-bond donors (Lipinski definition) is 3. The highest BCUT2D eigenvalue weighted by Crippen LogP contribution is 2.48. The highest BCUT2D eigenvalue weighted by Gasteiger charge is 2.57. The van der Waals surface area contributed by atoms with E-state index in [0.717, 1.165) is 5.56 Å². The smallest absolute Gasteiger partial charge is 0.318 e. The summed E-state index contributed by atoms with van der Waals surface area (Å²) in [4.78, 5) is 41.7. The molecule has 1 aromatic carbocycles. The molecule has 0 unspecified atom stereocenters. The predicted molar refractivity (Wildman–Crippen MR) is 127 cm³/mol. The summed E-state index contributed by atoms with van der Waals surface area (Å²) in [6, 6.07) is 11.4. The number of pyridine rings is 1. The first-order valence-corrected chi connectivity index (χ1v) is 11.6. The minimum atomic E-state index is -0.694. The molecule has 2 aromatic rings. The van der Waals surface area contributed by atoms with Crippen LogP contribution >= 0.6 is 0 Å². The lowest BCUT2D eigenvalue weighted by atomic mass is 9.86. The summed E-state index contributed by atoms with van der Waals surface area (Å²) in [5, 5.41) is 16.1. The van der Waals surface area contributed by atoms with Gasteiger partial charge in [-0.3, -0.25) is 9.59 Å². The number of methoxy groups -OCH3 is 1. The molecule has 0 saturated carbocycles. The van der Waals surface area contributed by atoms with Gasteiger partial charge in [0.05, 0.1) is 24.6 Å². The Hall–Kier alpha value is -3.17. The van der Waals surface area contributed by atoms with Crippen molar-refractivity contribution in [1.82, 2.24) is 20.1 Å². The van der Waals surface area contributed by atoms with Crippen molar-refractivity contribution in [2.75, 3.05) is 26.9 Å². The Balaban J connectivity index is 1.80. The molecule has 9 nitrogen and oxygen atoms in total. The van der Waals surface area contributed by atoms with E-state index in [1.165, 1.54) is 0 Å². The van der Waals surface area contributed by atoms with Gasteiger partial charge in [0.1, 0.15) is 0 Å². The molecule has 9 heteroatoms. The summed E-state index contributed by atoms with van der Waals surface area (Å²) < 4.78 is 6.71. The summed E-state index contributed by atoms with van der Waals surface area (Å²) in [7, 11) is 1.55. The van der Waals surface area contributed by atoms with Crippen molar-refractivity contribution < 1.29 is 19.4 Å². The highest BCUT2D eigenvalue weighted by atomic mass is 16.5. The first kappa shape index (κ1) is 24.0. The number of nitrogens with zero attached hydrogens (tertiary/aromatic N) is 2. The topological polar surface area (TPSA) is 113 Å². The number of carbonyl (C=O) groups is 2. The van der Waals surface area contributed by atoms with Crippen molar-refractivity contribution in [3.63, 3.8) is 0 Å². The van der Waals surface area contributed by atoms with Crippen LogP contribution in [0.5, 0.6) is 0 Å². The van der Waals surface area contributed by atoms with Gasteiger partial charge in [-0.25, -0.2) is 4.79 Å². The number of aromatic nitrogens is 1. The van der Waals surface area contributed by atoms with E-state index in [9.17, 15) is 19.5 Å². The molecule has 1 saturated heterocycles. The van der Waals surface area contributed by atoms with Crippen molar-refractivity contribution in [2.45, 2.75) is 38.5 Å². The number of aliphatic hydroxyl groups is 1. The zero-order chi connectivity index (χ0) is 24.4. The summed E-state index contributed by atoms with van der Waals surface area (Å²) in [5.41, 5.74) is 1.80. The van der Waals surface area contributed by atoms with Gasteiger partial charge in [0.2, 0.25) is 5.91 Å². The first-order chi connectivity index (χ1) is 16.4. The number of urea groups is 1. The average molecular weight is 469 g/mol. The van der Waals surface area contributed by atoms with Crippen molar-refractivity contribution >= 4 is 11.9 Å². The van der Waals surface area contributed by atoms with Crippen LogP contribution in [0.1, 0.15) is 25.6 Å². The Morgan fingerprint density at radius 1 is 1.18 bits per heavy atom. The van der Waals surface area contributed by atoms with E-state index < -0.39 is 23.9 Å². The van der Waals surface area contributed by atoms with Crippen LogP contribution in [0.2, 0.25) is 0 Å². The van der Waals surface area contributed by atoms with Gasteiger partial charge in [0, 0.05) is 50.0 Å². The molecule has 3 N–H and O–H groups in total. The summed E-state index contributed by atoms with van der Waals surface area (Å²) >= 11 is 0. The van der Waals surface area contributed by atoms with Gasteiger partial charge in [0.15, 0.2) is 0 Å². The van der Waals surface area contributed by atoms with Crippen LogP contribution in [-0.4, -0.2) is 65.5 Å². The lowest BCUT2D eigenvalue weighted by Crippen LogP contribution is -2.53. The molecule has 3 heterocycles. The fraction of sp³-hybridized carbons (Fsp3) is 0.480. The fourth-order valence-electron chi connectivity index (χ4n) is 5.24. The third-order valence-electron chi connectivity index (χ3n) is 6.68. The Morgan fingerprint density at radius 2 is 1.91 bits per heavy atom. The van der Waals surface area contributed by atoms with Crippen LogP contribution < -0.4 is 16.2 Å². The monoisotopic (exact) mass is 468 g/mol. The second kappa shape index (κ2) is 9.99. The number of carbonyl (C=O) groups excluding carboxylic acids is 2. The van der Waals surface area contributed by atoms with Gasteiger partial charge in [-0.1, -0.05) is 30.3 Å². The van der Waals surface area contributed by atoms with Crippen molar-refractivity contribution in [3.05, 3.63) is 58.5 Å². The Bertz CT molecular complexity index is 1100. The maximum absolute atomic E-state index is 13.5. The maximum Gasteiger partial charge on any atom is 0.318 e. The number of amides is 3. The van der Waals surface area contributed by atoms with E-state index >= 15 is 0 Å². The first-order valence-electron chi connectivity index (χ1n) is 11.6. The normalized spacial score (nSPS) is 23.0. The van der Waals surface area contributed by atoms with E-state index in [0.29, 0.717) is 24.4 Å². The summed E-state index contributed by atoms with van der Waals surface area (Å²) in [6.07, 6.45) is 0. The standard InChI is InChI=1S/C25H32N4O5/c1-15(2)27-25(33)29-20-13-28-19(10-9-17(24(28)32)16-7-5-4-6-8-16)22(29)21(18(20)14-30)23(31)26-11-12-34-3/h4-10,15,18,20-22,30H,11-14H2,1-3H3,(H,26,31)(H,27,33)/t18-,20-,21+,22+/m1/s1. The number of fused-ring (bicyclic) bond motifs is 4. The van der Waals surface area contributed by atoms with Crippen LogP contribution in [0.25, 0.3) is 11.1 Å². The van der Waals surface area contributed by atoms with Crippen LogP contribution in [0.3, 0.4) is 0 Å². The SMILES string of the molecule is COCCNC(=O)[C@H]1[C@H](CO)[C@H]2Cn3c(ccc(-c4ccccc4)c3=O)[C@@H]1N2C(=O)NC(C)C. The summed E-state index contributed by atoms with van der Waals surface area (Å²) in [6.45, 7) is 4.34. The molecule has 34 heavy (non-hydrogen) atoms. The third kappa shape index (κ3) is 4.21. The molecule has 2 aliphatic rings. The second-order valence-corrected chi connectivity index (χ2v) is 9.13. The Morgan fingerprint density at radius 3 is 2.56 bits per heavy atom. The second-order valence-electron chi connectivity index (χ2n) is 9.13. The van der Waals surface area contributed by atoms with Gasteiger partial charge < -0.3 is 29.9 Å². The number of aliphatic hydroxyl groups excluding tert-OH is 1. The molecule has 1 fully saturated rings. The minimum Gasteiger partial charge on any atom is -0.396 e. The molecular formula is C25H32N4O5. The third-order valence-corrected chi connectivity index (χ3v) is 6.68. The Labute approximate surface area is 198 Å². The predicted octanol–water partition coefficient (Wildman–Crippen LogP) is 1.36. The molecule has 182 valence electrons. The van der Waals surface area contributed by atoms with Crippen LogP contribution in [0, 0.1) is 11.8 Å². The molecule has 2 bridgehead atoms. The van der Waals surface area contributed by atoms with Crippen LogP contribution in [0.15, 0.2) is 47.3 Å². The van der Waals surface area contributed by atoms with E-state index in [-0.39, 0.29) is 36.7 Å². The Kier molecular flexibility index (Phi) is 7.04. The summed E-state index contributed by atoms with van der Waals surface area (Å²) in [5.74, 6) is -1.47. The molecule has 2 aliphatic heterocycles. The number of benzene rings is 1. The average Bonchev–Trinajstić information content (AvgIpc) is 3.06. The molecule has 0 radical (unpaired) electrons. The van der Waals surface area contributed by atoms with E-state index in [1.54, 1.807) is 22.6 Å². The van der Waals surface area contributed by atoms with Crippen LogP contribution in [0.4, 0.5) is 4.79 Å². The molecule has 0 spiro atoms. The molecule has 0 aliphatic carbocycles. The lowest BCUT2D eigenvalue weighted by Gasteiger charge is -2.38. The maximum atomic E-state index is 13.5. The molecule has 1 aromatic heterocycles. The number of hydrogen-bond acceptors (Lipinski definition) is 5. The van der Waals surface area contributed by atoms with Gasteiger partial charge in [-0.15, -0.1) is 0 Å². The number of nitrogens with one attached hydrogen (secondary N) is 2.